The number of hydrogen-bond donors (Lipinski definition) is 0. The maximum atomic E-state index is 6.33. The molecule has 0 spiro atoms. The van der Waals surface area contributed by atoms with Crippen LogP contribution in [0.3, 0.4) is 0 Å². The zero-order valence-corrected chi connectivity index (χ0v) is 32.9. The van der Waals surface area contributed by atoms with Crippen LogP contribution in [-0.4, -0.2) is 19.9 Å². The number of hydrogen-bond acceptors (Lipinski definition) is 6. The fourth-order valence-corrected chi connectivity index (χ4v) is 9.83. The van der Waals surface area contributed by atoms with Gasteiger partial charge in [0.1, 0.15) is 11.2 Å². The SMILES string of the molecule is c1ccc(-c2cc(-c3ccc(-c4ccc(-c5nc6cccc(-c7cccc8oc9ccccc9c78)c6c6c5sc5ccccc56)cc4)cc3)cc(-c3ccccn3)n2)nc1. The monoisotopic (exact) mass is 784 g/mol. The summed E-state index contributed by atoms with van der Waals surface area (Å²) in [5.74, 6) is 0. The molecule has 0 aliphatic heterocycles. The van der Waals surface area contributed by atoms with Crippen LogP contribution < -0.4 is 0 Å². The zero-order valence-electron chi connectivity index (χ0n) is 32.1. The topological polar surface area (TPSA) is 64.7 Å². The molecule has 12 aromatic rings. The first kappa shape index (κ1) is 34.3. The van der Waals surface area contributed by atoms with Gasteiger partial charge in [0.25, 0.3) is 0 Å². The number of nitrogens with zero attached hydrogens (tertiary/aromatic N) is 4. The van der Waals surface area contributed by atoms with E-state index >= 15 is 0 Å². The van der Waals surface area contributed by atoms with Crippen LogP contribution in [0.15, 0.2) is 199 Å². The van der Waals surface area contributed by atoms with Gasteiger partial charge in [0, 0.05) is 49.6 Å². The van der Waals surface area contributed by atoms with E-state index in [4.69, 9.17) is 14.4 Å². The third-order valence-electron chi connectivity index (χ3n) is 11.4. The van der Waals surface area contributed by atoms with Crippen molar-refractivity contribution < 1.29 is 4.42 Å². The molecule has 5 nitrogen and oxygen atoms in total. The molecule has 0 aliphatic carbocycles. The highest BCUT2D eigenvalue weighted by atomic mass is 32.1. The maximum absolute atomic E-state index is 6.33. The molecule has 0 radical (unpaired) electrons. The van der Waals surface area contributed by atoms with Crippen molar-refractivity contribution in [1.29, 1.82) is 0 Å². The largest absolute Gasteiger partial charge is 0.456 e. The van der Waals surface area contributed by atoms with Crippen LogP contribution in [0.1, 0.15) is 0 Å². The Kier molecular flexibility index (Phi) is 7.96. The molecule has 280 valence electrons. The summed E-state index contributed by atoms with van der Waals surface area (Å²) < 4.78 is 8.76. The van der Waals surface area contributed by atoms with Crippen LogP contribution in [0.4, 0.5) is 0 Å². The second kappa shape index (κ2) is 13.9. The van der Waals surface area contributed by atoms with Crippen molar-refractivity contribution in [2.45, 2.75) is 0 Å². The van der Waals surface area contributed by atoms with Crippen LogP contribution in [-0.2, 0) is 0 Å². The van der Waals surface area contributed by atoms with E-state index in [1.807, 2.05) is 59.9 Å². The Morgan fingerprint density at radius 3 is 1.63 bits per heavy atom. The molecule has 0 unspecified atom stereocenters. The number of aromatic nitrogens is 4. The van der Waals surface area contributed by atoms with E-state index < -0.39 is 0 Å². The average Bonchev–Trinajstić information content (AvgIpc) is 3.91. The van der Waals surface area contributed by atoms with Gasteiger partial charge in [-0.2, -0.15) is 0 Å². The normalized spacial score (nSPS) is 11.7. The van der Waals surface area contributed by atoms with Crippen molar-refractivity contribution in [3.63, 3.8) is 0 Å². The first-order chi connectivity index (χ1) is 29.7. The van der Waals surface area contributed by atoms with Crippen LogP contribution in [0.25, 0.3) is 120 Å². The zero-order chi connectivity index (χ0) is 39.6. The Morgan fingerprint density at radius 1 is 0.383 bits per heavy atom. The lowest BCUT2D eigenvalue weighted by Crippen LogP contribution is -1.94. The second-order valence-electron chi connectivity index (χ2n) is 15.0. The van der Waals surface area contributed by atoms with Gasteiger partial charge in [0.2, 0.25) is 0 Å². The summed E-state index contributed by atoms with van der Waals surface area (Å²) in [7, 11) is 0. The van der Waals surface area contributed by atoms with Crippen molar-refractivity contribution in [3.05, 3.63) is 194 Å². The standard InChI is InChI=1S/C54H32N4OS/c1-3-18-47-40(11-1)50-38(14-10-19-48(50)59-47)39-13-9-17-44-51(39)52-41-12-2-4-20-49(41)60-54(52)53(58-44)36-27-25-34(26-28-36)33-21-23-35(24-22-33)37-31-45(42-15-5-7-29-55-42)57-46(32-37)43-16-6-8-30-56-43/h1-32H. The van der Waals surface area contributed by atoms with Gasteiger partial charge in [-0.3, -0.25) is 9.97 Å². The fraction of sp³-hybridized carbons (Fsp3) is 0. The minimum absolute atomic E-state index is 0.809. The third kappa shape index (κ3) is 5.69. The van der Waals surface area contributed by atoms with Gasteiger partial charge < -0.3 is 4.42 Å². The Morgan fingerprint density at radius 2 is 0.950 bits per heavy atom. The molecular formula is C54H32N4OS. The van der Waals surface area contributed by atoms with E-state index in [1.54, 1.807) is 12.4 Å². The molecule has 6 aromatic heterocycles. The van der Waals surface area contributed by atoms with Crippen molar-refractivity contribution in [3.8, 4) is 67.4 Å². The Hall–Kier alpha value is -7.80. The summed E-state index contributed by atoms with van der Waals surface area (Å²) in [6, 6.07) is 63.5. The van der Waals surface area contributed by atoms with Gasteiger partial charge in [-0.15, -0.1) is 11.3 Å². The number of rotatable bonds is 6. The molecule has 6 aromatic carbocycles. The molecule has 0 amide bonds. The highest BCUT2D eigenvalue weighted by Crippen LogP contribution is 2.47. The first-order valence-corrected chi connectivity index (χ1v) is 20.8. The number of thiophene rings is 1. The quantitative estimate of drug-likeness (QED) is 0.168. The van der Waals surface area contributed by atoms with E-state index in [1.165, 1.54) is 20.2 Å². The van der Waals surface area contributed by atoms with Gasteiger partial charge in [0.15, 0.2) is 0 Å². The number of pyridine rings is 4. The van der Waals surface area contributed by atoms with E-state index in [0.29, 0.717) is 0 Å². The Labute approximate surface area is 348 Å². The van der Waals surface area contributed by atoms with Crippen molar-refractivity contribution in [1.82, 2.24) is 19.9 Å². The molecule has 60 heavy (non-hydrogen) atoms. The first-order valence-electron chi connectivity index (χ1n) is 19.9. The Balaban J connectivity index is 0.945. The number of para-hydroxylation sites is 1. The molecule has 6 heteroatoms. The van der Waals surface area contributed by atoms with Gasteiger partial charge in [0.05, 0.1) is 38.7 Å². The summed E-state index contributed by atoms with van der Waals surface area (Å²) in [6.45, 7) is 0. The second-order valence-corrected chi connectivity index (χ2v) is 16.0. The van der Waals surface area contributed by atoms with Crippen LogP contribution in [0, 0.1) is 0 Å². The van der Waals surface area contributed by atoms with Crippen molar-refractivity contribution in [2.75, 3.05) is 0 Å². The van der Waals surface area contributed by atoms with Crippen LogP contribution in [0.5, 0.6) is 0 Å². The Bertz CT molecular complexity index is 3520. The minimum atomic E-state index is 0.809. The average molecular weight is 785 g/mol. The summed E-state index contributed by atoms with van der Waals surface area (Å²) >= 11 is 1.82. The summed E-state index contributed by atoms with van der Waals surface area (Å²) in [4.78, 5) is 19.6. The lowest BCUT2D eigenvalue weighted by atomic mass is 9.93. The number of fused-ring (bicyclic) bond motifs is 8. The molecule has 0 N–H and O–H groups in total. The molecule has 0 bridgehead atoms. The van der Waals surface area contributed by atoms with Gasteiger partial charge in [-0.05, 0) is 94.0 Å². The van der Waals surface area contributed by atoms with Crippen molar-refractivity contribution in [2.24, 2.45) is 0 Å². The highest BCUT2D eigenvalue weighted by molar-refractivity contribution is 7.26. The predicted molar refractivity (Wildman–Crippen MR) is 248 cm³/mol. The van der Waals surface area contributed by atoms with Gasteiger partial charge >= 0.3 is 0 Å². The molecule has 0 fully saturated rings. The number of furan rings is 1. The number of benzene rings is 6. The van der Waals surface area contributed by atoms with Gasteiger partial charge in [-0.25, -0.2) is 9.97 Å². The fourth-order valence-electron chi connectivity index (χ4n) is 8.61. The third-order valence-corrected chi connectivity index (χ3v) is 12.6. The lowest BCUT2D eigenvalue weighted by Gasteiger charge is -2.13. The predicted octanol–water partition coefficient (Wildman–Crippen LogP) is 14.7. The molecule has 0 saturated carbocycles. The van der Waals surface area contributed by atoms with E-state index in [0.717, 1.165) is 100 Å². The van der Waals surface area contributed by atoms with Gasteiger partial charge in [-0.1, -0.05) is 121 Å². The smallest absolute Gasteiger partial charge is 0.136 e. The molecule has 12 rings (SSSR count). The summed E-state index contributed by atoms with van der Waals surface area (Å²) in [5.41, 5.74) is 14.8. The van der Waals surface area contributed by atoms with E-state index in [9.17, 15) is 0 Å². The van der Waals surface area contributed by atoms with E-state index in [-0.39, 0.29) is 0 Å². The summed E-state index contributed by atoms with van der Waals surface area (Å²) in [5, 5.41) is 5.90. The lowest BCUT2D eigenvalue weighted by molar-refractivity contribution is 0.669. The molecule has 0 atom stereocenters. The molecule has 0 saturated heterocycles. The molecule has 0 aliphatic rings. The van der Waals surface area contributed by atoms with E-state index in [2.05, 4.69) is 143 Å². The minimum Gasteiger partial charge on any atom is -0.456 e. The summed E-state index contributed by atoms with van der Waals surface area (Å²) in [6.07, 6.45) is 3.60. The van der Waals surface area contributed by atoms with Crippen LogP contribution in [0.2, 0.25) is 0 Å². The maximum Gasteiger partial charge on any atom is 0.136 e. The van der Waals surface area contributed by atoms with Crippen molar-refractivity contribution >= 4 is 64.4 Å². The highest BCUT2D eigenvalue weighted by Gasteiger charge is 2.21. The van der Waals surface area contributed by atoms with Crippen LogP contribution >= 0.6 is 11.3 Å². The molecular weight excluding hydrogens is 753 g/mol. The molecule has 6 heterocycles.